The molecule has 0 radical (unpaired) electrons. The molecule has 2 unspecified atom stereocenters. The van der Waals surface area contributed by atoms with Crippen LogP contribution in [0.25, 0.3) is 5.69 Å². The zero-order chi connectivity index (χ0) is 27.2. The van der Waals surface area contributed by atoms with Crippen molar-refractivity contribution in [3.63, 3.8) is 0 Å². The lowest BCUT2D eigenvalue weighted by Gasteiger charge is -2.25. The standard InChI is InChI=1S/C24H34N6O6S/c1-8-35-14-20-27-28-24(30(20)21-18(33-6)10-9-11-19(21)34-7)29-37(31,32)17(5)22(36-15(2)3)23-25-12-16(4)13-26-23/h9-13,15,17,22H,8,14H2,1-7H3,(H,28,29). The lowest BCUT2D eigenvalue weighted by molar-refractivity contribution is 0.00152. The van der Waals surface area contributed by atoms with Gasteiger partial charge in [-0.1, -0.05) is 6.07 Å². The molecule has 0 aliphatic heterocycles. The highest BCUT2D eigenvalue weighted by Gasteiger charge is 2.36. The van der Waals surface area contributed by atoms with Gasteiger partial charge in [-0.3, -0.25) is 9.29 Å². The van der Waals surface area contributed by atoms with Gasteiger partial charge in [-0.05, 0) is 52.3 Å². The molecule has 1 N–H and O–H groups in total. The maximum atomic E-state index is 13.7. The minimum absolute atomic E-state index is 0.0579. The number of sulfonamides is 1. The Hall–Kier alpha value is -3.29. The molecule has 3 aromatic rings. The first kappa shape index (κ1) is 28.3. The Bertz CT molecular complexity index is 1260. The lowest BCUT2D eigenvalue weighted by Crippen LogP contribution is -2.35. The van der Waals surface area contributed by atoms with Crippen LogP contribution in [0, 0.1) is 6.92 Å². The van der Waals surface area contributed by atoms with Crippen molar-refractivity contribution >= 4 is 16.0 Å². The molecule has 202 valence electrons. The lowest BCUT2D eigenvalue weighted by atomic mass is 10.2. The second kappa shape index (κ2) is 12.3. The Labute approximate surface area is 217 Å². The monoisotopic (exact) mass is 534 g/mol. The normalized spacial score (nSPS) is 13.4. The Kier molecular flexibility index (Phi) is 9.40. The zero-order valence-electron chi connectivity index (χ0n) is 22.1. The van der Waals surface area contributed by atoms with Crippen molar-refractivity contribution in [2.24, 2.45) is 0 Å². The highest BCUT2D eigenvalue weighted by Crippen LogP contribution is 2.36. The number of hydrogen-bond donors (Lipinski definition) is 1. The smallest absolute Gasteiger partial charge is 0.243 e. The summed E-state index contributed by atoms with van der Waals surface area (Å²) in [7, 11) is -1.08. The first-order chi connectivity index (χ1) is 17.6. The van der Waals surface area contributed by atoms with Gasteiger partial charge in [0.2, 0.25) is 16.0 Å². The van der Waals surface area contributed by atoms with Crippen molar-refractivity contribution in [2.75, 3.05) is 25.5 Å². The molecule has 1 aromatic carbocycles. The van der Waals surface area contributed by atoms with E-state index in [1.54, 1.807) is 30.6 Å². The summed E-state index contributed by atoms with van der Waals surface area (Å²) >= 11 is 0. The van der Waals surface area contributed by atoms with Gasteiger partial charge >= 0.3 is 0 Å². The van der Waals surface area contributed by atoms with E-state index in [4.69, 9.17) is 18.9 Å². The second-order valence-electron chi connectivity index (χ2n) is 8.50. The van der Waals surface area contributed by atoms with Gasteiger partial charge in [-0.25, -0.2) is 18.4 Å². The predicted molar refractivity (Wildman–Crippen MR) is 138 cm³/mol. The minimum atomic E-state index is -4.09. The Morgan fingerprint density at radius 2 is 1.65 bits per heavy atom. The molecule has 0 amide bonds. The van der Waals surface area contributed by atoms with Gasteiger partial charge < -0.3 is 18.9 Å². The van der Waals surface area contributed by atoms with Gasteiger partial charge in [0.05, 0.1) is 20.3 Å². The van der Waals surface area contributed by atoms with Crippen molar-refractivity contribution in [3.05, 3.63) is 47.8 Å². The van der Waals surface area contributed by atoms with E-state index in [2.05, 4.69) is 24.9 Å². The number of aromatic nitrogens is 5. The maximum Gasteiger partial charge on any atom is 0.243 e. The van der Waals surface area contributed by atoms with E-state index >= 15 is 0 Å². The summed E-state index contributed by atoms with van der Waals surface area (Å²) < 4.78 is 54.0. The van der Waals surface area contributed by atoms with Gasteiger partial charge in [0, 0.05) is 19.0 Å². The number of ether oxygens (including phenoxy) is 4. The Morgan fingerprint density at radius 3 is 2.19 bits per heavy atom. The number of anilines is 1. The third kappa shape index (κ3) is 6.53. The van der Waals surface area contributed by atoms with Crippen LogP contribution in [-0.4, -0.2) is 65.3 Å². The second-order valence-corrected chi connectivity index (χ2v) is 10.5. The van der Waals surface area contributed by atoms with Crippen molar-refractivity contribution in [1.29, 1.82) is 0 Å². The average molecular weight is 535 g/mol. The number of aryl methyl sites for hydroxylation is 1. The molecular formula is C24H34N6O6S. The summed E-state index contributed by atoms with van der Waals surface area (Å²) in [4.78, 5) is 8.62. The summed E-state index contributed by atoms with van der Waals surface area (Å²) in [5.41, 5.74) is 1.27. The summed E-state index contributed by atoms with van der Waals surface area (Å²) in [6.07, 6.45) is 2.04. The van der Waals surface area contributed by atoms with E-state index in [-0.39, 0.29) is 24.5 Å². The van der Waals surface area contributed by atoms with Gasteiger partial charge in [0.25, 0.3) is 0 Å². The predicted octanol–water partition coefficient (Wildman–Crippen LogP) is 3.22. The number of methoxy groups -OCH3 is 2. The van der Waals surface area contributed by atoms with E-state index in [0.29, 0.717) is 29.6 Å². The molecule has 0 spiro atoms. The van der Waals surface area contributed by atoms with E-state index in [9.17, 15) is 8.42 Å². The van der Waals surface area contributed by atoms with E-state index in [1.807, 2.05) is 27.7 Å². The largest absolute Gasteiger partial charge is 0.494 e. The van der Waals surface area contributed by atoms with Crippen molar-refractivity contribution in [3.8, 4) is 17.2 Å². The van der Waals surface area contributed by atoms with E-state index < -0.39 is 21.4 Å². The molecule has 2 heterocycles. The number of nitrogens with one attached hydrogen (secondary N) is 1. The number of rotatable bonds is 13. The Balaban J connectivity index is 2.07. The molecule has 37 heavy (non-hydrogen) atoms. The molecule has 12 nitrogen and oxygen atoms in total. The third-order valence-corrected chi connectivity index (χ3v) is 7.11. The van der Waals surface area contributed by atoms with Crippen LogP contribution >= 0.6 is 0 Å². The first-order valence-electron chi connectivity index (χ1n) is 11.8. The quantitative estimate of drug-likeness (QED) is 0.348. The summed E-state index contributed by atoms with van der Waals surface area (Å²) in [5.74, 6) is 1.42. The molecule has 13 heteroatoms. The zero-order valence-corrected chi connectivity index (χ0v) is 22.9. The first-order valence-corrected chi connectivity index (χ1v) is 13.4. The van der Waals surface area contributed by atoms with Crippen LogP contribution in [0.15, 0.2) is 30.6 Å². The van der Waals surface area contributed by atoms with Crippen LogP contribution < -0.4 is 14.2 Å². The Morgan fingerprint density at radius 1 is 1.03 bits per heavy atom. The molecule has 0 saturated carbocycles. The number of hydrogen-bond acceptors (Lipinski definition) is 10. The van der Waals surface area contributed by atoms with E-state index in [0.717, 1.165) is 5.56 Å². The fourth-order valence-electron chi connectivity index (χ4n) is 3.56. The van der Waals surface area contributed by atoms with Crippen LogP contribution in [-0.2, 0) is 26.1 Å². The van der Waals surface area contributed by atoms with Crippen LogP contribution in [0.5, 0.6) is 11.5 Å². The van der Waals surface area contributed by atoms with Gasteiger partial charge in [-0.2, -0.15) is 0 Å². The molecule has 2 atom stereocenters. The molecule has 0 fully saturated rings. The van der Waals surface area contributed by atoms with Crippen LogP contribution in [0.4, 0.5) is 5.95 Å². The summed E-state index contributed by atoms with van der Waals surface area (Å²) in [6, 6.07) is 5.21. The third-order valence-electron chi connectivity index (χ3n) is 5.41. The highest BCUT2D eigenvalue weighted by atomic mass is 32.2. The fraction of sp³-hybridized carbons (Fsp3) is 0.500. The maximum absolute atomic E-state index is 13.7. The molecule has 0 saturated heterocycles. The molecule has 0 bridgehead atoms. The van der Waals surface area contributed by atoms with Crippen molar-refractivity contribution in [2.45, 2.75) is 58.7 Å². The van der Waals surface area contributed by atoms with Crippen LogP contribution in [0.2, 0.25) is 0 Å². The van der Waals surface area contributed by atoms with Crippen molar-refractivity contribution < 1.29 is 27.4 Å². The number of para-hydroxylation sites is 1. The molecular weight excluding hydrogens is 500 g/mol. The average Bonchev–Trinajstić information content (AvgIpc) is 3.26. The molecule has 3 rings (SSSR count). The number of nitrogens with zero attached hydrogens (tertiary/aromatic N) is 5. The fourth-order valence-corrected chi connectivity index (χ4v) is 4.65. The van der Waals surface area contributed by atoms with E-state index in [1.165, 1.54) is 25.7 Å². The van der Waals surface area contributed by atoms with Crippen molar-refractivity contribution in [1.82, 2.24) is 24.7 Å². The van der Waals surface area contributed by atoms with Crippen LogP contribution in [0.1, 0.15) is 51.0 Å². The van der Waals surface area contributed by atoms with Crippen LogP contribution in [0.3, 0.4) is 0 Å². The summed E-state index contributed by atoms with van der Waals surface area (Å²) in [5, 5.41) is 7.22. The molecule has 0 aliphatic carbocycles. The van der Waals surface area contributed by atoms with Gasteiger partial charge in [0.1, 0.15) is 35.1 Å². The number of benzene rings is 1. The topological polar surface area (TPSA) is 140 Å². The highest BCUT2D eigenvalue weighted by molar-refractivity contribution is 7.93. The summed E-state index contributed by atoms with van der Waals surface area (Å²) in [6.45, 7) is 9.37. The van der Waals surface area contributed by atoms with Gasteiger partial charge in [0.15, 0.2) is 11.6 Å². The molecule has 2 aromatic heterocycles. The molecule has 0 aliphatic rings. The SMILES string of the molecule is CCOCc1nnc(NS(=O)(=O)C(C)C(OC(C)C)c2ncc(C)cn2)n1-c1c(OC)cccc1OC. The van der Waals surface area contributed by atoms with Gasteiger partial charge in [-0.15, -0.1) is 10.2 Å². The minimum Gasteiger partial charge on any atom is -0.494 e.